The summed E-state index contributed by atoms with van der Waals surface area (Å²) in [5, 5.41) is 2.84. The van der Waals surface area contributed by atoms with Crippen molar-refractivity contribution in [3.05, 3.63) is 22.2 Å². The molecule has 100 valence electrons. The van der Waals surface area contributed by atoms with Crippen LogP contribution in [0.15, 0.2) is 16.6 Å². The summed E-state index contributed by atoms with van der Waals surface area (Å²) in [5.41, 5.74) is 1.01. The largest absolute Gasteiger partial charge is 0.496 e. The zero-order chi connectivity index (χ0) is 13.5. The van der Waals surface area contributed by atoms with Crippen LogP contribution in [0, 0.1) is 0 Å². The van der Waals surface area contributed by atoms with Crippen molar-refractivity contribution in [3.63, 3.8) is 0 Å². The van der Waals surface area contributed by atoms with Gasteiger partial charge in [-0.15, -0.1) is 0 Å². The summed E-state index contributed by atoms with van der Waals surface area (Å²) in [7, 11) is 3.25. The first-order valence-corrected chi connectivity index (χ1v) is 6.58. The van der Waals surface area contributed by atoms with Gasteiger partial charge in [-0.2, -0.15) is 0 Å². The van der Waals surface area contributed by atoms with Crippen LogP contribution in [0.5, 0.6) is 11.5 Å². The Labute approximate surface area is 116 Å². The zero-order valence-electron chi connectivity index (χ0n) is 10.9. The number of carbonyl (C=O) groups is 1. The SMILES string of the molecule is CCC(=O)NCCc1cc(OC)c(Br)cc1OC. The van der Waals surface area contributed by atoms with Crippen LogP contribution in [-0.2, 0) is 11.2 Å². The van der Waals surface area contributed by atoms with E-state index in [1.807, 2.05) is 19.1 Å². The number of nitrogens with one attached hydrogen (secondary N) is 1. The fraction of sp³-hybridized carbons (Fsp3) is 0.462. The molecule has 1 aromatic carbocycles. The van der Waals surface area contributed by atoms with Gasteiger partial charge in [-0.05, 0) is 40.0 Å². The molecule has 4 nitrogen and oxygen atoms in total. The number of ether oxygens (including phenoxy) is 2. The molecule has 18 heavy (non-hydrogen) atoms. The molecule has 0 fully saturated rings. The molecule has 1 amide bonds. The van der Waals surface area contributed by atoms with E-state index in [1.165, 1.54) is 0 Å². The van der Waals surface area contributed by atoms with E-state index >= 15 is 0 Å². The van der Waals surface area contributed by atoms with Crippen LogP contribution in [0.1, 0.15) is 18.9 Å². The third kappa shape index (κ3) is 3.91. The summed E-state index contributed by atoms with van der Waals surface area (Å²) in [6, 6.07) is 3.79. The van der Waals surface area contributed by atoms with E-state index in [-0.39, 0.29) is 5.91 Å². The topological polar surface area (TPSA) is 47.6 Å². The van der Waals surface area contributed by atoms with E-state index < -0.39 is 0 Å². The Kier molecular flexibility index (Phi) is 5.98. The molecular weight excluding hydrogens is 298 g/mol. The lowest BCUT2D eigenvalue weighted by Crippen LogP contribution is -2.24. The molecule has 0 aliphatic rings. The Bertz CT molecular complexity index is 421. The van der Waals surface area contributed by atoms with Gasteiger partial charge in [-0.25, -0.2) is 0 Å². The van der Waals surface area contributed by atoms with Crippen molar-refractivity contribution >= 4 is 21.8 Å². The Morgan fingerprint density at radius 1 is 1.28 bits per heavy atom. The molecule has 0 saturated heterocycles. The number of hydrogen-bond acceptors (Lipinski definition) is 3. The molecule has 0 aromatic heterocycles. The maximum atomic E-state index is 11.2. The molecule has 1 N–H and O–H groups in total. The van der Waals surface area contributed by atoms with E-state index in [4.69, 9.17) is 9.47 Å². The molecule has 1 rings (SSSR count). The normalized spacial score (nSPS) is 10.0. The van der Waals surface area contributed by atoms with Crippen LogP contribution in [0.3, 0.4) is 0 Å². The van der Waals surface area contributed by atoms with Gasteiger partial charge in [0.15, 0.2) is 0 Å². The highest BCUT2D eigenvalue weighted by Crippen LogP contribution is 2.32. The summed E-state index contributed by atoms with van der Waals surface area (Å²) >= 11 is 3.41. The molecule has 0 spiro atoms. The summed E-state index contributed by atoms with van der Waals surface area (Å²) < 4.78 is 11.4. The molecular formula is C13H18BrNO3. The summed E-state index contributed by atoms with van der Waals surface area (Å²) in [5.74, 6) is 1.60. The molecule has 0 bridgehead atoms. The number of halogens is 1. The van der Waals surface area contributed by atoms with Crippen molar-refractivity contribution in [1.29, 1.82) is 0 Å². The number of hydrogen-bond donors (Lipinski definition) is 1. The predicted octanol–water partition coefficient (Wildman–Crippen LogP) is 2.54. The van der Waals surface area contributed by atoms with Crippen LogP contribution in [0.25, 0.3) is 0 Å². The number of methoxy groups -OCH3 is 2. The molecule has 0 atom stereocenters. The van der Waals surface area contributed by atoms with Gasteiger partial charge in [0.2, 0.25) is 5.91 Å². The maximum absolute atomic E-state index is 11.2. The second kappa shape index (κ2) is 7.26. The van der Waals surface area contributed by atoms with Gasteiger partial charge < -0.3 is 14.8 Å². The molecule has 0 aliphatic carbocycles. The lowest BCUT2D eigenvalue weighted by atomic mass is 10.1. The van der Waals surface area contributed by atoms with Crippen LogP contribution in [0.2, 0.25) is 0 Å². The Hall–Kier alpha value is -1.23. The van der Waals surface area contributed by atoms with Gasteiger partial charge in [-0.1, -0.05) is 6.92 Å². The highest BCUT2D eigenvalue weighted by Gasteiger charge is 2.09. The predicted molar refractivity (Wildman–Crippen MR) is 74.3 cm³/mol. The average molecular weight is 316 g/mol. The smallest absolute Gasteiger partial charge is 0.219 e. The van der Waals surface area contributed by atoms with Crippen molar-refractivity contribution in [1.82, 2.24) is 5.32 Å². The third-order valence-corrected chi connectivity index (χ3v) is 3.21. The Morgan fingerprint density at radius 2 is 1.94 bits per heavy atom. The van der Waals surface area contributed by atoms with Crippen molar-refractivity contribution in [3.8, 4) is 11.5 Å². The number of carbonyl (C=O) groups excluding carboxylic acids is 1. The molecule has 0 saturated carbocycles. The molecule has 1 aromatic rings. The fourth-order valence-corrected chi connectivity index (χ4v) is 2.06. The minimum atomic E-state index is 0.0537. The number of benzene rings is 1. The van der Waals surface area contributed by atoms with Crippen LogP contribution < -0.4 is 14.8 Å². The van der Waals surface area contributed by atoms with Crippen LogP contribution >= 0.6 is 15.9 Å². The van der Waals surface area contributed by atoms with Gasteiger partial charge in [-0.3, -0.25) is 4.79 Å². The van der Waals surface area contributed by atoms with Gasteiger partial charge in [0.05, 0.1) is 18.7 Å². The Morgan fingerprint density at radius 3 is 2.50 bits per heavy atom. The average Bonchev–Trinajstić information content (AvgIpc) is 2.39. The van der Waals surface area contributed by atoms with Crippen molar-refractivity contribution in [2.45, 2.75) is 19.8 Å². The first kappa shape index (κ1) is 14.8. The van der Waals surface area contributed by atoms with Crippen molar-refractivity contribution < 1.29 is 14.3 Å². The molecule has 0 aliphatic heterocycles. The van der Waals surface area contributed by atoms with Crippen molar-refractivity contribution in [2.24, 2.45) is 0 Å². The van der Waals surface area contributed by atoms with E-state index in [0.29, 0.717) is 19.4 Å². The van der Waals surface area contributed by atoms with E-state index in [2.05, 4.69) is 21.2 Å². The first-order valence-electron chi connectivity index (χ1n) is 5.79. The van der Waals surface area contributed by atoms with Crippen molar-refractivity contribution in [2.75, 3.05) is 20.8 Å². The van der Waals surface area contributed by atoms with Crippen LogP contribution in [0.4, 0.5) is 0 Å². The maximum Gasteiger partial charge on any atom is 0.219 e. The first-order chi connectivity index (χ1) is 8.62. The quantitative estimate of drug-likeness (QED) is 0.877. The van der Waals surface area contributed by atoms with Gasteiger partial charge in [0, 0.05) is 13.0 Å². The summed E-state index contributed by atoms with van der Waals surface area (Å²) in [4.78, 5) is 11.2. The second-order valence-electron chi connectivity index (χ2n) is 3.75. The van der Waals surface area contributed by atoms with Gasteiger partial charge in [0.25, 0.3) is 0 Å². The van der Waals surface area contributed by atoms with E-state index in [0.717, 1.165) is 21.5 Å². The lowest BCUT2D eigenvalue weighted by Gasteiger charge is -2.12. The standard InChI is InChI=1S/C13H18BrNO3/c1-4-13(16)15-6-5-9-7-12(18-3)10(14)8-11(9)17-2/h7-8H,4-6H2,1-3H3,(H,15,16). The minimum Gasteiger partial charge on any atom is -0.496 e. The van der Waals surface area contributed by atoms with Gasteiger partial charge >= 0.3 is 0 Å². The highest BCUT2D eigenvalue weighted by molar-refractivity contribution is 9.10. The third-order valence-electron chi connectivity index (χ3n) is 2.59. The zero-order valence-corrected chi connectivity index (χ0v) is 12.5. The summed E-state index contributed by atoms with van der Waals surface area (Å²) in [6.07, 6.45) is 1.21. The molecule has 0 radical (unpaired) electrons. The lowest BCUT2D eigenvalue weighted by molar-refractivity contribution is -0.120. The number of amides is 1. The second-order valence-corrected chi connectivity index (χ2v) is 4.61. The molecule has 0 unspecified atom stereocenters. The van der Waals surface area contributed by atoms with E-state index in [1.54, 1.807) is 14.2 Å². The molecule has 5 heteroatoms. The number of rotatable bonds is 6. The molecule has 0 heterocycles. The highest BCUT2D eigenvalue weighted by atomic mass is 79.9. The van der Waals surface area contributed by atoms with Gasteiger partial charge in [0.1, 0.15) is 11.5 Å². The fourth-order valence-electron chi connectivity index (χ4n) is 1.58. The minimum absolute atomic E-state index is 0.0537. The summed E-state index contributed by atoms with van der Waals surface area (Å²) in [6.45, 7) is 2.42. The monoisotopic (exact) mass is 315 g/mol. The van der Waals surface area contributed by atoms with Crippen LogP contribution in [-0.4, -0.2) is 26.7 Å². The van der Waals surface area contributed by atoms with E-state index in [9.17, 15) is 4.79 Å². The Balaban J connectivity index is 2.76.